The molecule has 0 amide bonds. The van der Waals surface area contributed by atoms with Gasteiger partial charge in [0.25, 0.3) is 0 Å². The Labute approximate surface area is 84.1 Å². The fourth-order valence-corrected chi connectivity index (χ4v) is 1.19. The maximum Gasteiger partial charge on any atom is 0.309 e. The lowest BCUT2D eigenvalue weighted by molar-refractivity contribution is -0.151. The summed E-state index contributed by atoms with van der Waals surface area (Å²) in [5, 5.41) is 0. The zero-order valence-corrected chi connectivity index (χ0v) is 8.82. The number of ether oxygens (including phenoxy) is 1. The van der Waals surface area contributed by atoms with Gasteiger partial charge in [0.05, 0.1) is 24.5 Å². The first-order valence-corrected chi connectivity index (χ1v) is 4.81. The number of carbonyl (C=O) groups is 1. The minimum absolute atomic E-state index is 0.0469. The van der Waals surface area contributed by atoms with E-state index >= 15 is 0 Å². The van der Waals surface area contributed by atoms with Crippen LogP contribution in [0.2, 0.25) is 0 Å². The molecule has 3 nitrogen and oxygen atoms in total. The molecule has 0 bridgehead atoms. The Bertz CT molecular complexity index is 275. The Hall–Kier alpha value is -1.25. The van der Waals surface area contributed by atoms with Crippen LogP contribution < -0.4 is 0 Å². The molecule has 0 fully saturated rings. The average molecular weight is 196 g/mol. The SMILES string of the molecule is CC(C)OC(=O)[C@H](C)Cc1ccoc1. The van der Waals surface area contributed by atoms with E-state index < -0.39 is 0 Å². The topological polar surface area (TPSA) is 39.4 Å². The first-order chi connectivity index (χ1) is 6.59. The fraction of sp³-hybridized carbons (Fsp3) is 0.545. The van der Waals surface area contributed by atoms with E-state index in [-0.39, 0.29) is 18.0 Å². The van der Waals surface area contributed by atoms with Crippen LogP contribution in [0, 0.1) is 5.92 Å². The third-order valence-electron chi connectivity index (χ3n) is 1.88. The van der Waals surface area contributed by atoms with Gasteiger partial charge in [-0.3, -0.25) is 4.79 Å². The summed E-state index contributed by atoms with van der Waals surface area (Å²) in [6.45, 7) is 5.56. The second kappa shape index (κ2) is 4.84. The minimum Gasteiger partial charge on any atom is -0.472 e. The van der Waals surface area contributed by atoms with E-state index in [2.05, 4.69) is 0 Å². The molecule has 0 aliphatic heterocycles. The molecule has 0 aromatic carbocycles. The lowest BCUT2D eigenvalue weighted by Crippen LogP contribution is -2.20. The van der Waals surface area contributed by atoms with Gasteiger partial charge in [-0.1, -0.05) is 6.92 Å². The predicted octanol–water partition coefficient (Wildman–Crippen LogP) is 2.41. The largest absolute Gasteiger partial charge is 0.472 e. The molecule has 0 unspecified atom stereocenters. The Morgan fingerprint density at radius 3 is 2.71 bits per heavy atom. The molecule has 0 saturated heterocycles. The predicted molar refractivity (Wildman–Crippen MR) is 52.8 cm³/mol. The summed E-state index contributed by atoms with van der Waals surface area (Å²) < 4.78 is 10.0. The molecule has 3 heteroatoms. The van der Waals surface area contributed by atoms with Crippen LogP contribution in [-0.2, 0) is 16.0 Å². The zero-order valence-electron chi connectivity index (χ0n) is 8.82. The molecule has 0 saturated carbocycles. The highest BCUT2D eigenvalue weighted by molar-refractivity contribution is 5.72. The van der Waals surface area contributed by atoms with Gasteiger partial charge in [-0.05, 0) is 31.9 Å². The third kappa shape index (κ3) is 3.24. The molecule has 78 valence electrons. The van der Waals surface area contributed by atoms with Crippen LogP contribution in [0.5, 0.6) is 0 Å². The molecule has 1 atom stereocenters. The molecule has 1 heterocycles. The van der Waals surface area contributed by atoms with E-state index in [0.29, 0.717) is 6.42 Å². The van der Waals surface area contributed by atoms with Gasteiger partial charge in [0.15, 0.2) is 0 Å². The van der Waals surface area contributed by atoms with Crippen molar-refractivity contribution in [3.63, 3.8) is 0 Å². The van der Waals surface area contributed by atoms with Crippen LogP contribution in [0.4, 0.5) is 0 Å². The number of rotatable bonds is 4. The molecule has 0 N–H and O–H groups in total. The molecule has 14 heavy (non-hydrogen) atoms. The smallest absolute Gasteiger partial charge is 0.309 e. The Morgan fingerprint density at radius 1 is 1.50 bits per heavy atom. The summed E-state index contributed by atoms with van der Waals surface area (Å²) in [7, 11) is 0. The molecule has 0 spiro atoms. The maximum atomic E-state index is 11.4. The summed E-state index contributed by atoms with van der Waals surface area (Å²) in [5.41, 5.74) is 1.03. The van der Waals surface area contributed by atoms with E-state index in [1.807, 2.05) is 26.8 Å². The molecule has 0 aliphatic carbocycles. The van der Waals surface area contributed by atoms with Crippen molar-refractivity contribution >= 4 is 5.97 Å². The number of hydrogen-bond donors (Lipinski definition) is 0. The monoisotopic (exact) mass is 196 g/mol. The van der Waals surface area contributed by atoms with Crippen molar-refractivity contribution in [2.45, 2.75) is 33.3 Å². The van der Waals surface area contributed by atoms with Crippen molar-refractivity contribution in [2.75, 3.05) is 0 Å². The highest BCUT2D eigenvalue weighted by atomic mass is 16.5. The standard InChI is InChI=1S/C11H16O3/c1-8(2)14-11(12)9(3)6-10-4-5-13-7-10/h4-5,7-9H,6H2,1-3H3/t9-/m1/s1. The molecule has 1 aromatic rings. The lowest BCUT2D eigenvalue weighted by Gasteiger charge is -2.12. The lowest BCUT2D eigenvalue weighted by atomic mass is 10.0. The first-order valence-electron chi connectivity index (χ1n) is 4.81. The van der Waals surface area contributed by atoms with E-state index in [9.17, 15) is 4.79 Å². The van der Waals surface area contributed by atoms with E-state index in [0.717, 1.165) is 5.56 Å². The van der Waals surface area contributed by atoms with Crippen molar-refractivity contribution in [1.82, 2.24) is 0 Å². The average Bonchev–Trinajstić information content (AvgIpc) is 2.55. The molecular weight excluding hydrogens is 180 g/mol. The van der Waals surface area contributed by atoms with Crippen molar-refractivity contribution < 1.29 is 13.9 Å². The minimum atomic E-state index is -0.152. The summed E-state index contributed by atoms with van der Waals surface area (Å²) in [6, 6.07) is 1.86. The number of furan rings is 1. The van der Waals surface area contributed by atoms with Gasteiger partial charge in [-0.15, -0.1) is 0 Å². The number of carbonyl (C=O) groups excluding carboxylic acids is 1. The maximum absolute atomic E-state index is 11.4. The van der Waals surface area contributed by atoms with Gasteiger partial charge in [-0.2, -0.15) is 0 Å². The van der Waals surface area contributed by atoms with Crippen LogP contribution >= 0.6 is 0 Å². The van der Waals surface area contributed by atoms with E-state index in [1.54, 1.807) is 12.5 Å². The second-order valence-electron chi connectivity index (χ2n) is 3.72. The highest BCUT2D eigenvalue weighted by Crippen LogP contribution is 2.11. The van der Waals surface area contributed by atoms with Crippen LogP contribution in [0.3, 0.4) is 0 Å². The first kappa shape index (κ1) is 10.8. The Kier molecular flexibility index (Phi) is 3.74. The van der Waals surface area contributed by atoms with Gasteiger partial charge in [0.1, 0.15) is 0 Å². The molecule has 1 aromatic heterocycles. The third-order valence-corrected chi connectivity index (χ3v) is 1.88. The normalized spacial score (nSPS) is 12.9. The van der Waals surface area contributed by atoms with Gasteiger partial charge < -0.3 is 9.15 Å². The van der Waals surface area contributed by atoms with E-state index in [4.69, 9.17) is 9.15 Å². The van der Waals surface area contributed by atoms with Crippen molar-refractivity contribution in [3.8, 4) is 0 Å². The number of esters is 1. The summed E-state index contributed by atoms with van der Waals surface area (Å²) in [5.74, 6) is -0.267. The molecule has 0 radical (unpaired) electrons. The van der Waals surface area contributed by atoms with Crippen LogP contribution in [0.25, 0.3) is 0 Å². The molecular formula is C11H16O3. The summed E-state index contributed by atoms with van der Waals surface area (Å²) in [6.07, 6.45) is 3.88. The van der Waals surface area contributed by atoms with Crippen LogP contribution in [0.1, 0.15) is 26.3 Å². The fourth-order valence-electron chi connectivity index (χ4n) is 1.19. The van der Waals surface area contributed by atoms with Crippen molar-refractivity contribution in [2.24, 2.45) is 5.92 Å². The van der Waals surface area contributed by atoms with Gasteiger partial charge in [-0.25, -0.2) is 0 Å². The zero-order chi connectivity index (χ0) is 10.6. The summed E-state index contributed by atoms with van der Waals surface area (Å²) in [4.78, 5) is 11.4. The van der Waals surface area contributed by atoms with Crippen LogP contribution in [0.15, 0.2) is 23.0 Å². The number of hydrogen-bond acceptors (Lipinski definition) is 3. The highest BCUT2D eigenvalue weighted by Gasteiger charge is 2.16. The van der Waals surface area contributed by atoms with Gasteiger partial charge in [0.2, 0.25) is 0 Å². The Balaban J connectivity index is 2.42. The molecule has 1 rings (SSSR count). The van der Waals surface area contributed by atoms with Gasteiger partial charge >= 0.3 is 5.97 Å². The second-order valence-corrected chi connectivity index (χ2v) is 3.72. The van der Waals surface area contributed by atoms with E-state index in [1.165, 1.54) is 0 Å². The van der Waals surface area contributed by atoms with Crippen molar-refractivity contribution in [3.05, 3.63) is 24.2 Å². The summed E-state index contributed by atoms with van der Waals surface area (Å²) >= 11 is 0. The Morgan fingerprint density at radius 2 is 2.21 bits per heavy atom. The van der Waals surface area contributed by atoms with Gasteiger partial charge in [0, 0.05) is 0 Å². The van der Waals surface area contributed by atoms with Crippen molar-refractivity contribution in [1.29, 1.82) is 0 Å². The van der Waals surface area contributed by atoms with Crippen LogP contribution in [-0.4, -0.2) is 12.1 Å². The molecule has 0 aliphatic rings. The quantitative estimate of drug-likeness (QED) is 0.694.